The summed E-state index contributed by atoms with van der Waals surface area (Å²) in [6.45, 7) is 1.92. The van der Waals surface area contributed by atoms with Crippen molar-refractivity contribution in [3.8, 4) is 21.6 Å². The lowest BCUT2D eigenvalue weighted by Gasteiger charge is -2.12. The van der Waals surface area contributed by atoms with Crippen LogP contribution in [0.5, 0.6) is 0 Å². The third-order valence-electron chi connectivity index (χ3n) is 5.25. The number of hydrogen-bond acceptors (Lipinski definition) is 4. The first-order chi connectivity index (χ1) is 13.0. The quantitative estimate of drug-likeness (QED) is 0.646. The van der Waals surface area contributed by atoms with Crippen LogP contribution in [0, 0.1) is 12.7 Å². The fraction of sp³-hybridized carbons (Fsp3) is 0.238. The SMILES string of the molecule is CNc1c(C)nsc1-c1ccc(-c2ccc(C3(C(=O)O)CC3)cc2)c(F)c1. The third kappa shape index (κ3) is 2.90. The number of nitrogens with one attached hydrogen (secondary N) is 1. The molecule has 3 aromatic rings. The van der Waals surface area contributed by atoms with E-state index >= 15 is 0 Å². The van der Waals surface area contributed by atoms with Gasteiger partial charge in [-0.05, 0) is 54.1 Å². The summed E-state index contributed by atoms with van der Waals surface area (Å²) < 4.78 is 19.1. The van der Waals surface area contributed by atoms with E-state index in [0.29, 0.717) is 18.4 Å². The van der Waals surface area contributed by atoms with Gasteiger partial charge < -0.3 is 10.4 Å². The summed E-state index contributed by atoms with van der Waals surface area (Å²) in [6, 6.07) is 12.4. The number of carboxylic acids is 1. The number of carboxylic acid groups (broad SMARTS) is 1. The highest BCUT2D eigenvalue weighted by molar-refractivity contribution is 7.10. The topological polar surface area (TPSA) is 62.2 Å². The molecule has 4 nitrogen and oxygen atoms in total. The molecule has 1 heterocycles. The Balaban J connectivity index is 1.66. The van der Waals surface area contributed by atoms with Crippen LogP contribution in [-0.4, -0.2) is 22.5 Å². The van der Waals surface area contributed by atoms with E-state index in [-0.39, 0.29) is 5.82 Å². The van der Waals surface area contributed by atoms with E-state index in [9.17, 15) is 14.3 Å². The zero-order chi connectivity index (χ0) is 19.2. The summed E-state index contributed by atoms with van der Waals surface area (Å²) >= 11 is 1.34. The highest BCUT2D eigenvalue weighted by Crippen LogP contribution is 2.48. The van der Waals surface area contributed by atoms with Gasteiger partial charge >= 0.3 is 5.97 Å². The van der Waals surface area contributed by atoms with Crippen molar-refractivity contribution in [2.24, 2.45) is 0 Å². The molecule has 0 atom stereocenters. The minimum atomic E-state index is -0.786. The number of aliphatic carboxylic acids is 1. The van der Waals surface area contributed by atoms with Crippen molar-refractivity contribution in [3.63, 3.8) is 0 Å². The van der Waals surface area contributed by atoms with Crippen LogP contribution < -0.4 is 5.32 Å². The monoisotopic (exact) mass is 382 g/mol. The Kier molecular flexibility index (Phi) is 4.23. The molecule has 138 valence electrons. The highest BCUT2D eigenvalue weighted by atomic mass is 32.1. The summed E-state index contributed by atoms with van der Waals surface area (Å²) in [5.74, 6) is -1.10. The average molecular weight is 382 g/mol. The first kappa shape index (κ1) is 17.7. The molecule has 0 spiro atoms. The largest absolute Gasteiger partial charge is 0.481 e. The lowest BCUT2D eigenvalue weighted by molar-refractivity contribution is -0.140. The van der Waals surface area contributed by atoms with E-state index in [2.05, 4.69) is 9.69 Å². The molecule has 1 aliphatic carbocycles. The lowest BCUT2D eigenvalue weighted by atomic mass is 9.93. The Hall–Kier alpha value is -2.73. The Morgan fingerprint density at radius 2 is 1.85 bits per heavy atom. The Morgan fingerprint density at radius 3 is 2.41 bits per heavy atom. The molecule has 1 fully saturated rings. The number of aromatic nitrogens is 1. The Labute approximate surface area is 160 Å². The van der Waals surface area contributed by atoms with Gasteiger partial charge in [0.05, 0.1) is 21.7 Å². The lowest BCUT2D eigenvalue weighted by Crippen LogP contribution is -2.19. The smallest absolute Gasteiger partial charge is 0.314 e. The van der Waals surface area contributed by atoms with Crippen LogP contribution in [0.4, 0.5) is 10.1 Å². The second-order valence-electron chi connectivity index (χ2n) is 6.88. The first-order valence-corrected chi connectivity index (χ1v) is 9.52. The first-order valence-electron chi connectivity index (χ1n) is 8.74. The van der Waals surface area contributed by atoms with E-state index in [4.69, 9.17) is 0 Å². The molecule has 0 amide bonds. The van der Waals surface area contributed by atoms with Gasteiger partial charge in [-0.3, -0.25) is 4.79 Å². The van der Waals surface area contributed by atoms with Crippen LogP contribution in [0.15, 0.2) is 42.5 Å². The molecule has 0 unspecified atom stereocenters. The van der Waals surface area contributed by atoms with Gasteiger partial charge in [-0.2, -0.15) is 4.37 Å². The number of benzene rings is 2. The minimum absolute atomic E-state index is 0.312. The van der Waals surface area contributed by atoms with Gasteiger partial charge in [-0.1, -0.05) is 36.4 Å². The van der Waals surface area contributed by atoms with E-state index in [1.165, 1.54) is 17.6 Å². The fourth-order valence-electron chi connectivity index (χ4n) is 3.47. The molecule has 2 N–H and O–H groups in total. The number of carbonyl (C=O) groups is 1. The summed E-state index contributed by atoms with van der Waals surface area (Å²) in [7, 11) is 1.83. The molecule has 1 saturated carbocycles. The molecular formula is C21H19FN2O2S. The van der Waals surface area contributed by atoms with Crippen LogP contribution in [0.2, 0.25) is 0 Å². The fourth-order valence-corrected chi connectivity index (χ4v) is 4.36. The second kappa shape index (κ2) is 6.46. The Morgan fingerprint density at radius 1 is 1.19 bits per heavy atom. The predicted octanol–water partition coefficient (Wildman–Crippen LogP) is 5.08. The van der Waals surface area contributed by atoms with Crippen LogP contribution in [0.3, 0.4) is 0 Å². The predicted molar refractivity (Wildman–Crippen MR) is 106 cm³/mol. The zero-order valence-corrected chi connectivity index (χ0v) is 15.9. The number of anilines is 1. The molecule has 2 aromatic carbocycles. The maximum Gasteiger partial charge on any atom is 0.314 e. The normalized spacial score (nSPS) is 14.8. The van der Waals surface area contributed by atoms with E-state index in [0.717, 1.165) is 32.9 Å². The minimum Gasteiger partial charge on any atom is -0.481 e. The van der Waals surface area contributed by atoms with Gasteiger partial charge in [-0.25, -0.2) is 4.39 Å². The van der Waals surface area contributed by atoms with Gasteiger partial charge in [-0.15, -0.1) is 0 Å². The molecule has 4 rings (SSSR count). The summed E-state index contributed by atoms with van der Waals surface area (Å²) in [6.07, 6.45) is 1.32. The van der Waals surface area contributed by atoms with Crippen molar-refractivity contribution >= 4 is 23.2 Å². The van der Waals surface area contributed by atoms with Crippen LogP contribution >= 0.6 is 11.5 Å². The standard InChI is InChI=1S/C21H19FN2O2S/c1-12-18(23-2)19(27-24-12)14-5-8-16(17(22)11-14)13-3-6-15(7-4-13)21(9-10-21)20(25)26/h3-8,11,23H,9-10H2,1-2H3,(H,25,26). The molecule has 0 aliphatic heterocycles. The molecule has 27 heavy (non-hydrogen) atoms. The highest BCUT2D eigenvalue weighted by Gasteiger charge is 2.51. The molecular weight excluding hydrogens is 363 g/mol. The van der Waals surface area contributed by atoms with Crippen LogP contribution in [0.25, 0.3) is 21.6 Å². The van der Waals surface area contributed by atoms with Gasteiger partial charge in [0.2, 0.25) is 0 Å². The second-order valence-corrected chi connectivity index (χ2v) is 7.65. The van der Waals surface area contributed by atoms with E-state index in [1.54, 1.807) is 30.3 Å². The maximum absolute atomic E-state index is 14.8. The molecule has 0 bridgehead atoms. The van der Waals surface area contributed by atoms with E-state index < -0.39 is 11.4 Å². The van der Waals surface area contributed by atoms with Crippen molar-refractivity contribution in [2.75, 3.05) is 12.4 Å². The van der Waals surface area contributed by atoms with Gasteiger partial charge in [0.15, 0.2) is 0 Å². The van der Waals surface area contributed by atoms with Crippen molar-refractivity contribution in [3.05, 3.63) is 59.5 Å². The molecule has 6 heteroatoms. The zero-order valence-electron chi connectivity index (χ0n) is 15.0. The number of aryl methyl sites for hydroxylation is 1. The van der Waals surface area contributed by atoms with Crippen molar-refractivity contribution < 1.29 is 14.3 Å². The van der Waals surface area contributed by atoms with Crippen molar-refractivity contribution in [1.29, 1.82) is 0 Å². The number of rotatable bonds is 5. The number of halogens is 1. The van der Waals surface area contributed by atoms with Gasteiger partial charge in [0.25, 0.3) is 0 Å². The molecule has 1 aromatic heterocycles. The average Bonchev–Trinajstić information content (AvgIpc) is 3.39. The summed E-state index contributed by atoms with van der Waals surface area (Å²) in [5, 5.41) is 12.5. The molecule has 0 saturated heterocycles. The summed E-state index contributed by atoms with van der Waals surface area (Å²) in [4.78, 5) is 12.4. The number of hydrogen-bond donors (Lipinski definition) is 2. The van der Waals surface area contributed by atoms with Crippen LogP contribution in [0.1, 0.15) is 24.1 Å². The van der Waals surface area contributed by atoms with Gasteiger partial charge in [0, 0.05) is 12.6 Å². The summed E-state index contributed by atoms with van der Waals surface area (Å²) in [5.41, 5.74) is 3.87. The maximum atomic E-state index is 14.8. The molecule has 1 aliphatic rings. The van der Waals surface area contributed by atoms with Crippen LogP contribution in [-0.2, 0) is 10.2 Å². The van der Waals surface area contributed by atoms with Crippen molar-refractivity contribution in [1.82, 2.24) is 4.37 Å². The Bertz CT molecular complexity index is 1020. The van der Waals surface area contributed by atoms with E-state index in [1.807, 2.05) is 20.0 Å². The van der Waals surface area contributed by atoms with Gasteiger partial charge in [0.1, 0.15) is 5.82 Å². The number of nitrogens with zero attached hydrogens (tertiary/aromatic N) is 1. The molecule has 0 radical (unpaired) electrons. The van der Waals surface area contributed by atoms with Crippen molar-refractivity contribution in [2.45, 2.75) is 25.2 Å². The third-order valence-corrected chi connectivity index (χ3v) is 6.24.